The summed E-state index contributed by atoms with van der Waals surface area (Å²) in [6.07, 6.45) is 0.584. The Morgan fingerprint density at radius 2 is 2.03 bits per heavy atom. The molecule has 1 saturated heterocycles. The molecule has 0 aliphatic carbocycles. The highest BCUT2D eigenvalue weighted by Gasteiger charge is 2.40. The van der Waals surface area contributed by atoms with Crippen molar-refractivity contribution < 1.29 is 19.1 Å². The van der Waals surface area contributed by atoms with Crippen LogP contribution in [0.2, 0.25) is 10.0 Å². The molecule has 6 nitrogen and oxygen atoms in total. The molecule has 0 radical (unpaired) electrons. The SMILES string of the molecule is COC(=O)c1ccc(C2(NC(=O)c3[nH]c4ccc(Cl)c(Cl)c4c3C)CCOC2)c(Br)c1. The summed E-state index contributed by atoms with van der Waals surface area (Å²) in [6, 6.07) is 8.65. The zero-order chi connectivity index (χ0) is 22.3. The molecule has 1 aliphatic heterocycles. The minimum atomic E-state index is -0.754. The van der Waals surface area contributed by atoms with Crippen LogP contribution in [-0.4, -0.2) is 37.2 Å². The molecule has 4 rings (SSSR count). The van der Waals surface area contributed by atoms with Crippen molar-refractivity contribution in [2.45, 2.75) is 18.9 Å². The Bertz CT molecular complexity index is 1200. The van der Waals surface area contributed by atoms with Crippen LogP contribution in [-0.2, 0) is 15.0 Å². The molecule has 1 aliphatic rings. The third-order valence-corrected chi connectivity index (χ3v) is 7.07. The van der Waals surface area contributed by atoms with Gasteiger partial charge in [0.2, 0.25) is 0 Å². The molecule has 1 atom stereocenters. The highest BCUT2D eigenvalue weighted by molar-refractivity contribution is 9.10. The van der Waals surface area contributed by atoms with Crippen molar-refractivity contribution in [2.24, 2.45) is 0 Å². The summed E-state index contributed by atoms with van der Waals surface area (Å²) in [4.78, 5) is 28.3. The highest BCUT2D eigenvalue weighted by Crippen LogP contribution is 2.38. The molecule has 162 valence electrons. The summed E-state index contributed by atoms with van der Waals surface area (Å²) in [5.41, 5.74) is 2.34. The molecule has 0 bridgehead atoms. The topological polar surface area (TPSA) is 80.4 Å². The molecule has 1 amide bonds. The minimum Gasteiger partial charge on any atom is -0.465 e. The second-order valence-electron chi connectivity index (χ2n) is 7.43. The number of carbonyl (C=O) groups is 2. The van der Waals surface area contributed by atoms with Crippen molar-refractivity contribution in [3.8, 4) is 0 Å². The number of ether oxygens (including phenoxy) is 2. The normalized spacial score (nSPS) is 18.4. The number of hydrogen-bond donors (Lipinski definition) is 2. The first-order chi connectivity index (χ1) is 14.8. The number of rotatable bonds is 4. The largest absolute Gasteiger partial charge is 0.465 e. The molecule has 1 fully saturated rings. The van der Waals surface area contributed by atoms with Crippen LogP contribution < -0.4 is 5.32 Å². The highest BCUT2D eigenvalue weighted by atomic mass is 79.9. The molecule has 0 spiro atoms. The van der Waals surface area contributed by atoms with E-state index >= 15 is 0 Å². The number of fused-ring (bicyclic) bond motifs is 1. The second-order valence-corrected chi connectivity index (χ2v) is 9.07. The van der Waals surface area contributed by atoms with E-state index in [2.05, 4.69) is 26.2 Å². The Hall–Kier alpha value is -2.06. The van der Waals surface area contributed by atoms with Gasteiger partial charge in [0.05, 0.1) is 34.9 Å². The maximum atomic E-state index is 13.3. The lowest BCUT2D eigenvalue weighted by molar-refractivity contribution is 0.0600. The van der Waals surface area contributed by atoms with Crippen LogP contribution >= 0.6 is 39.1 Å². The van der Waals surface area contributed by atoms with Crippen molar-refractivity contribution >= 4 is 61.9 Å². The van der Waals surface area contributed by atoms with Crippen molar-refractivity contribution in [1.82, 2.24) is 10.3 Å². The summed E-state index contributed by atoms with van der Waals surface area (Å²) in [6.45, 7) is 2.63. The van der Waals surface area contributed by atoms with Crippen molar-refractivity contribution in [3.63, 3.8) is 0 Å². The number of nitrogens with one attached hydrogen (secondary N) is 2. The van der Waals surface area contributed by atoms with Crippen LogP contribution in [0.3, 0.4) is 0 Å². The molecule has 9 heteroatoms. The van der Waals surface area contributed by atoms with Gasteiger partial charge in [0, 0.05) is 28.4 Å². The first-order valence-electron chi connectivity index (χ1n) is 9.52. The van der Waals surface area contributed by atoms with Crippen LogP contribution in [0.4, 0.5) is 0 Å². The smallest absolute Gasteiger partial charge is 0.337 e. The van der Waals surface area contributed by atoms with Crippen LogP contribution in [0.5, 0.6) is 0 Å². The number of amides is 1. The number of aromatic amines is 1. The van der Waals surface area contributed by atoms with Gasteiger partial charge < -0.3 is 19.8 Å². The van der Waals surface area contributed by atoms with Gasteiger partial charge in [0.25, 0.3) is 5.91 Å². The number of halogens is 3. The van der Waals surface area contributed by atoms with Gasteiger partial charge in [-0.15, -0.1) is 0 Å². The number of H-pyrrole nitrogens is 1. The minimum absolute atomic E-state index is 0.282. The molecule has 0 saturated carbocycles. The summed E-state index contributed by atoms with van der Waals surface area (Å²) < 4.78 is 11.1. The van der Waals surface area contributed by atoms with Crippen LogP contribution in [0.25, 0.3) is 10.9 Å². The zero-order valence-corrected chi connectivity index (χ0v) is 19.9. The van der Waals surface area contributed by atoms with E-state index in [1.807, 2.05) is 6.92 Å². The van der Waals surface area contributed by atoms with Gasteiger partial charge in [-0.2, -0.15) is 0 Å². The van der Waals surface area contributed by atoms with Gasteiger partial charge in [-0.1, -0.05) is 45.2 Å². The lowest BCUT2D eigenvalue weighted by atomic mass is 9.88. The van der Waals surface area contributed by atoms with Gasteiger partial charge in [0.15, 0.2) is 0 Å². The van der Waals surface area contributed by atoms with Gasteiger partial charge in [-0.3, -0.25) is 4.79 Å². The van der Waals surface area contributed by atoms with E-state index < -0.39 is 11.5 Å². The maximum absolute atomic E-state index is 13.3. The monoisotopic (exact) mass is 524 g/mol. The van der Waals surface area contributed by atoms with Crippen molar-refractivity contribution in [1.29, 1.82) is 0 Å². The Labute approximate surface area is 197 Å². The van der Waals surface area contributed by atoms with Crippen LogP contribution in [0, 0.1) is 6.92 Å². The third-order valence-electron chi connectivity index (χ3n) is 5.61. The van der Waals surface area contributed by atoms with E-state index in [0.29, 0.717) is 51.0 Å². The number of hydrogen-bond acceptors (Lipinski definition) is 4. The number of benzene rings is 2. The van der Waals surface area contributed by atoms with E-state index in [1.165, 1.54) is 7.11 Å². The van der Waals surface area contributed by atoms with Crippen molar-refractivity contribution in [3.05, 3.63) is 67.2 Å². The summed E-state index contributed by atoms with van der Waals surface area (Å²) >= 11 is 16.1. The molecule has 3 aromatic rings. The van der Waals surface area contributed by atoms with Gasteiger partial charge in [-0.25, -0.2) is 4.79 Å². The molecule has 1 unspecified atom stereocenters. The lowest BCUT2D eigenvalue weighted by Gasteiger charge is -2.30. The summed E-state index contributed by atoms with van der Waals surface area (Å²) in [5, 5.41) is 4.71. The van der Waals surface area contributed by atoms with Gasteiger partial charge >= 0.3 is 5.97 Å². The lowest BCUT2D eigenvalue weighted by Crippen LogP contribution is -2.47. The molecule has 2 N–H and O–H groups in total. The van der Waals surface area contributed by atoms with E-state index in [1.54, 1.807) is 30.3 Å². The fourth-order valence-electron chi connectivity index (χ4n) is 3.97. The molecule has 31 heavy (non-hydrogen) atoms. The Balaban J connectivity index is 1.72. The quantitative estimate of drug-likeness (QED) is 0.448. The van der Waals surface area contributed by atoms with E-state index in [0.717, 1.165) is 16.5 Å². The number of aromatic nitrogens is 1. The number of carbonyl (C=O) groups excluding carboxylic acids is 2. The fourth-order valence-corrected chi connectivity index (χ4v) is 5.20. The molecular weight excluding hydrogens is 507 g/mol. The van der Waals surface area contributed by atoms with E-state index in [4.69, 9.17) is 32.7 Å². The Morgan fingerprint density at radius 1 is 1.26 bits per heavy atom. The average molecular weight is 526 g/mol. The summed E-state index contributed by atoms with van der Waals surface area (Å²) in [7, 11) is 1.33. The van der Waals surface area contributed by atoms with Crippen LogP contribution in [0.1, 0.15) is 38.4 Å². The Kier molecular flexibility index (Phi) is 6.05. The number of esters is 1. The Morgan fingerprint density at radius 3 is 2.68 bits per heavy atom. The standard InChI is InChI=1S/C22H19BrCl2N2O4/c1-11-17-16(6-5-15(24)18(17)25)26-19(11)20(28)27-22(7-8-31-10-22)13-4-3-12(9-14(13)23)21(29)30-2/h3-6,9,26H,7-8,10H2,1-2H3,(H,27,28). The predicted octanol–water partition coefficient (Wildman–Crippen LogP) is 5.38. The third kappa shape index (κ3) is 3.84. The molecule has 2 aromatic carbocycles. The average Bonchev–Trinajstić information content (AvgIpc) is 3.35. The van der Waals surface area contributed by atoms with Crippen LogP contribution in [0.15, 0.2) is 34.8 Å². The second kappa shape index (κ2) is 8.47. The summed E-state index contributed by atoms with van der Waals surface area (Å²) in [5.74, 6) is -0.715. The molecular formula is C22H19BrCl2N2O4. The van der Waals surface area contributed by atoms with Gasteiger partial charge in [-0.05, 0) is 42.3 Å². The van der Waals surface area contributed by atoms with E-state index in [-0.39, 0.29) is 5.91 Å². The van der Waals surface area contributed by atoms with Gasteiger partial charge in [0.1, 0.15) is 5.69 Å². The number of aryl methyl sites for hydroxylation is 1. The zero-order valence-electron chi connectivity index (χ0n) is 16.8. The van der Waals surface area contributed by atoms with Crippen molar-refractivity contribution in [2.75, 3.05) is 20.3 Å². The molecule has 2 heterocycles. The first kappa shape index (κ1) is 22.1. The predicted molar refractivity (Wildman–Crippen MR) is 123 cm³/mol. The fraction of sp³-hybridized carbons (Fsp3) is 0.273. The van der Waals surface area contributed by atoms with E-state index in [9.17, 15) is 9.59 Å². The number of methoxy groups -OCH3 is 1. The first-order valence-corrected chi connectivity index (χ1v) is 11.1. The maximum Gasteiger partial charge on any atom is 0.337 e. The molecule has 1 aromatic heterocycles.